The third-order valence-corrected chi connectivity index (χ3v) is 5.64. The van der Waals surface area contributed by atoms with Crippen molar-refractivity contribution in [3.05, 3.63) is 76.6 Å². The quantitative estimate of drug-likeness (QED) is 0.414. The first-order chi connectivity index (χ1) is 16.9. The number of aromatic nitrogens is 1. The number of hydrogen-bond donors (Lipinski definition) is 0. The van der Waals surface area contributed by atoms with Crippen LogP contribution < -0.4 is 9.64 Å². The van der Waals surface area contributed by atoms with E-state index in [1.165, 1.54) is 5.56 Å². The lowest BCUT2D eigenvalue weighted by atomic mass is 9.96. The lowest BCUT2D eigenvalue weighted by molar-refractivity contribution is -0.191. The molecule has 0 aliphatic rings. The number of carbonyl (C=O) groups excluding carboxylic acids is 3. The fourth-order valence-electron chi connectivity index (χ4n) is 3.90. The van der Waals surface area contributed by atoms with Crippen LogP contribution in [0, 0.1) is 27.7 Å². The minimum atomic E-state index is -0.619. The Morgan fingerprint density at radius 1 is 0.944 bits per heavy atom. The molecule has 0 bridgehead atoms. The van der Waals surface area contributed by atoms with E-state index in [1.54, 1.807) is 18.2 Å². The summed E-state index contributed by atoms with van der Waals surface area (Å²) in [6, 6.07) is 14.3. The molecule has 0 N–H and O–H groups in total. The van der Waals surface area contributed by atoms with E-state index in [1.807, 2.05) is 58.9 Å². The van der Waals surface area contributed by atoms with Gasteiger partial charge < -0.3 is 9.47 Å². The molecular weight excluding hydrogens is 456 g/mol. The Kier molecular flexibility index (Phi) is 9.53. The van der Waals surface area contributed by atoms with Gasteiger partial charge in [-0.1, -0.05) is 30.3 Å². The average Bonchev–Trinajstić information content (AvgIpc) is 2.79. The van der Waals surface area contributed by atoms with Crippen LogP contribution in [0.3, 0.4) is 0 Å². The Morgan fingerprint density at radius 3 is 2.14 bits per heavy atom. The summed E-state index contributed by atoms with van der Waals surface area (Å²) in [5.41, 5.74) is 7.34. The molecular formula is C29H34N2O5. The number of anilines is 1. The Balaban J connectivity index is 0.00000145. The summed E-state index contributed by atoms with van der Waals surface area (Å²) < 4.78 is 11.4. The summed E-state index contributed by atoms with van der Waals surface area (Å²) in [6.45, 7) is 14.0. The number of nitrogens with zero attached hydrogens (tertiary/aromatic N) is 2. The van der Waals surface area contributed by atoms with E-state index < -0.39 is 11.7 Å². The number of amides is 1. The minimum absolute atomic E-state index is 0.250. The van der Waals surface area contributed by atoms with E-state index >= 15 is 0 Å². The van der Waals surface area contributed by atoms with Gasteiger partial charge in [0.1, 0.15) is 11.4 Å². The summed E-state index contributed by atoms with van der Waals surface area (Å²) in [5.74, 6) is 0.786. The normalized spacial score (nSPS) is 10.6. The van der Waals surface area contributed by atoms with Crippen LogP contribution in [-0.2, 0) is 20.9 Å². The van der Waals surface area contributed by atoms with Gasteiger partial charge in [-0.05, 0) is 82.9 Å². The number of methoxy groups -OCH3 is 1. The zero-order chi connectivity index (χ0) is 27.0. The largest absolute Gasteiger partial charge is 0.496 e. The molecule has 3 rings (SSSR count). The smallest absolute Gasteiger partial charge is 0.415 e. The van der Waals surface area contributed by atoms with Crippen LogP contribution in [0.1, 0.15) is 48.7 Å². The fourth-order valence-corrected chi connectivity index (χ4v) is 3.90. The van der Waals surface area contributed by atoms with Crippen molar-refractivity contribution in [2.45, 2.75) is 60.6 Å². The van der Waals surface area contributed by atoms with Crippen LogP contribution in [0.2, 0.25) is 0 Å². The fraction of sp³-hybridized carbons (Fsp3) is 0.345. The van der Waals surface area contributed by atoms with Crippen LogP contribution in [0.15, 0.2) is 48.7 Å². The summed E-state index contributed by atoms with van der Waals surface area (Å²) in [6.07, 6.45) is 1.62. The van der Waals surface area contributed by atoms with Gasteiger partial charge >= 0.3 is 12.2 Å². The monoisotopic (exact) mass is 490 g/mol. The van der Waals surface area contributed by atoms with Crippen molar-refractivity contribution in [2.24, 2.45) is 0 Å². The van der Waals surface area contributed by atoms with E-state index in [2.05, 4.69) is 37.0 Å². The van der Waals surface area contributed by atoms with Gasteiger partial charge in [-0.2, -0.15) is 9.59 Å². The topological polar surface area (TPSA) is 85.8 Å². The molecule has 0 spiro atoms. The summed E-state index contributed by atoms with van der Waals surface area (Å²) >= 11 is 0. The van der Waals surface area contributed by atoms with Crippen molar-refractivity contribution in [1.82, 2.24) is 4.98 Å². The molecule has 0 saturated carbocycles. The standard InChI is InChI=1S/C28H34N2O3.CO2/c1-18-11-9-10-12-23(18)24-15-22(14-13-19(24)2)30(27(31)33-28(5,6)7)17-25-21(4)26(32-8)20(3)16-29-25;2-1-3/h9-16H,17H2,1-8H3;. The molecule has 0 unspecified atom stereocenters. The van der Waals surface area contributed by atoms with Gasteiger partial charge in [-0.15, -0.1) is 0 Å². The van der Waals surface area contributed by atoms with E-state index in [0.29, 0.717) is 0 Å². The molecule has 190 valence electrons. The molecule has 0 aliphatic carbocycles. The Hall–Kier alpha value is -3.96. The van der Waals surface area contributed by atoms with Crippen LogP contribution in [0.25, 0.3) is 11.1 Å². The van der Waals surface area contributed by atoms with Crippen molar-refractivity contribution in [3.63, 3.8) is 0 Å². The van der Waals surface area contributed by atoms with Gasteiger partial charge in [-0.25, -0.2) is 4.79 Å². The third kappa shape index (κ3) is 7.03. The maximum absolute atomic E-state index is 13.3. The first-order valence-electron chi connectivity index (χ1n) is 11.6. The number of aryl methyl sites for hydroxylation is 3. The first kappa shape index (κ1) is 28.3. The maximum atomic E-state index is 13.3. The predicted molar refractivity (Wildman–Crippen MR) is 139 cm³/mol. The van der Waals surface area contributed by atoms with Crippen LogP contribution in [-0.4, -0.2) is 29.9 Å². The summed E-state index contributed by atoms with van der Waals surface area (Å²) in [7, 11) is 1.65. The second-order valence-electron chi connectivity index (χ2n) is 9.51. The molecule has 1 heterocycles. The summed E-state index contributed by atoms with van der Waals surface area (Å²) in [4.78, 5) is 35.9. The number of hydrogen-bond acceptors (Lipinski definition) is 6. The SMILES string of the molecule is COc1c(C)cnc(CN(C(=O)OC(C)(C)C)c2ccc(C)c(-c3ccccc3C)c2)c1C.O=C=O. The maximum Gasteiger partial charge on any atom is 0.415 e. The molecule has 3 aromatic rings. The van der Waals surface area contributed by atoms with Crippen LogP contribution >= 0.6 is 0 Å². The number of pyridine rings is 1. The van der Waals surface area contributed by atoms with E-state index in [0.717, 1.165) is 44.9 Å². The molecule has 0 aliphatic heterocycles. The molecule has 1 amide bonds. The molecule has 0 radical (unpaired) electrons. The van der Waals surface area contributed by atoms with Gasteiger partial charge in [-0.3, -0.25) is 9.88 Å². The first-order valence-corrected chi connectivity index (χ1v) is 11.6. The van der Waals surface area contributed by atoms with E-state index in [9.17, 15) is 4.79 Å². The van der Waals surface area contributed by atoms with Gasteiger partial charge in [0.05, 0.1) is 19.3 Å². The van der Waals surface area contributed by atoms with Crippen molar-refractivity contribution in [3.8, 4) is 16.9 Å². The molecule has 1 aromatic heterocycles. The molecule has 0 atom stereocenters. The molecule has 7 nitrogen and oxygen atoms in total. The van der Waals surface area contributed by atoms with E-state index in [-0.39, 0.29) is 12.7 Å². The molecule has 0 fully saturated rings. The van der Waals surface area contributed by atoms with Crippen LogP contribution in [0.5, 0.6) is 5.75 Å². The van der Waals surface area contributed by atoms with Gasteiger partial charge in [0.2, 0.25) is 0 Å². The Bertz CT molecular complexity index is 1260. The zero-order valence-electron chi connectivity index (χ0n) is 22.3. The van der Waals surface area contributed by atoms with Crippen molar-refractivity contribution < 1.29 is 23.9 Å². The Morgan fingerprint density at radius 2 is 1.56 bits per heavy atom. The van der Waals surface area contributed by atoms with Gasteiger partial charge in [0.15, 0.2) is 0 Å². The average molecular weight is 491 g/mol. The predicted octanol–water partition coefficient (Wildman–Crippen LogP) is 6.35. The highest BCUT2D eigenvalue weighted by molar-refractivity contribution is 5.89. The lowest BCUT2D eigenvalue weighted by Gasteiger charge is -2.28. The second kappa shape index (κ2) is 12.1. The molecule has 36 heavy (non-hydrogen) atoms. The number of ether oxygens (including phenoxy) is 2. The van der Waals surface area contributed by atoms with Gasteiger partial charge in [0.25, 0.3) is 0 Å². The summed E-state index contributed by atoms with van der Waals surface area (Å²) in [5, 5.41) is 0. The third-order valence-electron chi connectivity index (χ3n) is 5.64. The highest BCUT2D eigenvalue weighted by Gasteiger charge is 2.26. The van der Waals surface area contributed by atoms with Gasteiger partial charge in [0, 0.05) is 23.0 Å². The lowest BCUT2D eigenvalue weighted by Crippen LogP contribution is -2.37. The minimum Gasteiger partial charge on any atom is -0.496 e. The van der Waals surface area contributed by atoms with Crippen LogP contribution in [0.4, 0.5) is 10.5 Å². The number of carbonyl (C=O) groups is 1. The second-order valence-corrected chi connectivity index (χ2v) is 9.51. The molecule has 7 heteroatoms. The number of rotatable bonds is 5. The van der Waals surface area contributed by atoms with E-state index in [4.69, 9.17) is 19.1 Å². The molecule has 2 aromatic carbocycles. The van der Waals surface area contributed by atoms with Crippen molar-refractivity contribution in [1.29, 1.82) is 0 Å². The zero-order valence-corrected chi connectivity index (χ0v) is 22.3. The highest BCUT2D eigenvalue weighted by Crippen LogP contribution is 2.33. The van der Waals surface area contributed by atoms with Crippen molar-refractivity contribution in [2.75, 3.05) is 12.0 Å². The molecule has 0 saturated heterocycles. The highest BCUT2D eigenvalue weighted by atomic mass is 16.6. The Labute approximate surface area is 213 Å². The number of benzene rings is 2. The van der Waals surface area contributed by atoms with Crippen molar-refractivity contribution >= 4 is 17.9 Å².